The van der Waals surface area contributed by atoms with Crippen LogP contribution in [0.4, 0.5) is 13.2 Å². The van der Waals surface area contributed by atoms with Crippen molar-refractivity contribution in [3.05, 3.63) is 41.5 Å². The maximum atomic E-state index is 12.7. The van der Waals surface area contributed by atoms with Gasteiger partial charge >= 0.3 is 6.18 Å². The minimum atomic E-state index is -4.41. The Kier molecular flexibility index (Phi) is 6.39. The molecule has 0 amide bonds. The molecule has 0 spiro atoms. The molecule has 0 saturated heterocycles. The SMILES string of the molecule is C=C(C)C[C@H](N)c1cc(OC)cc(C(F)(F)F)c1.Cl. The Morgan fingerprint density at radius 3 is 2.37 bits per heavy atom. The molecule has 1 rings (SSSR count). The van der Waals surface area contributed by atoms with Crippen LogP contribution in [0.1, 0.15) is 30.5 Å². The highest BCUT2D eigenvalue weighted by Gasteiger charge is 2.31. The minimum absolute atomic E-state index is 0. The fourth-order valence-electron chi connectivity index (χ4n) is 1.61. The molecule has 0 aliphatic rings. The van der Waals surface area contributed by atoms with Gasteiger partial charge in [0.05, 0.1) is 12.7 Å². The lowest BCUT2D eigenvalue weighted by Crippen LogP contribution is -2.13. The second-order valence-electron chi connectivity index (χ2n) is 4.26. The summed E-state index contributed by atoms with van der Waals surface area (Å²) >= 11 is 0. The number of benzene rings is 1. The van der Waals surface area contributed by atoms with Crippen molar-refractivity contribution in [3.63, 3.8) is 0 Å². The van der Waals surface area contributed by atoms with E-state index in [0.717, 1.165) is 17.7 Å². The van der Waals surface area contributed by atoms with Gasteiger partial charge in [0.15, 0.2) is 0 Å². The van der Waals surface area contributed by atoms with E-state index in [0.29, 0.717) is 12.0 Å². The molecule has 2 N–H and O–H groups in total. The minimum Gasteiger partial charge on any atom is -0.497 e. The second-order valence-corrected chi connectivity index (χ2v) is 4.26. The summed E-state index contributed by atoms with van der Waals surface area (Å²) < 4.78 is 43.0. The molecule has 6 heteroatoms. The van der Waals surface area contributed by atoms with Crippen molar-refractivity contribution in [1.82, 2.24) is 0 Å². The summed E-state index contributed by atoms with van der Waals surface area (Å²) in [5.74, 6) is 0.150. The number of ether oxygens (including phenoxy) is 1. The largest absolute Gasteiger partial charge is 0.497 e. The van der Waals surface area contributed by atoms with Gasteiger partial charge in [-0.25, -0.2) is 0 Å². The highest BCUT2D eigenvalue weighted by atomic mass is 35.5. The van der Waals surface area contributed by atoms with Gasteiger partial charge in [0.2, 0.25) is 0 Å². The molecular weight excluding hydrogens is 279 g/mol. The summed E-state index contributed by atoms with van der Waals surface area (Å²) in [6, 6.07) is 3.01. The molecule has 0 unspecified atom stereocenters. The predicted octanol–water partition coefficient (Wildman–Crippen LogP) is 4.10. The van der Waals surface area contributed by atoms with Crippen LogP contribution in [0.15, 0.2) is 30.4 Å². The fourth-order valence-corrected chi connectivity index (χ4v) is 1.61. The quantitative estimate of drug-likeness (QED) is 0.849. The third-order valence-corrected chi connectivity index (χ3v) is 2.49. The number of halogens is 4. The molecule has 0 aromatic heterocycles. The lowest BCUT2D eigenvalue weighted by atomic mass is 9.99. The first kappa shape index (κ1) is 17.8. The van der Waals surface area contributed by atoms with Crippen LogP contribution in [0.25, 0.3) is 0 Å². The van der Waals surface area contributed by atoms with Crippen LogP contribution in [0, 0.1) is 0 Å². The van der Waals surface area contributed by atoms with Gasteiger partial charge in [-0.3, -0.25) is 0 Å². The zero-order valence-corrected chi connectivity index (χ0v) is 11.6. The number of alkyl halides is 3. The number of methoxy groups -OCH3 is 1. The fraction of sp³-hybridized carbons (Fsp3) is 0.385. The molecule has 0 aliphatic heterocycles. The highest BCUT2D eigenvalue weighted by Crippen LogP contribution is 2.34. The Morgan fingerprint density at radius 1 is 1.37 bits per heavy atom. The van der Waals surface area contributed by atoms with Gasteiger partial charge in [-0.1, -0.05) is 5.57 Å². The molecule has 108 valence electrons. The Morgan fingerprint density at radius 2 is 1.95 bits per heavy atom. The molecule has 0 radical (unpaired) electrons. The predicted molar refractivity (Wildman–Crippen MR) is 71.6 cm³/mol. The summed E-state index contributed by atoms with van der Waals surface area (Å²) in [6.07, 6.45) is -3.98. The average Bonchev–Trinajstić information content (AvgIpc) is 2.26. The summed E-state index contributed by atoms with van der Waals surface area (Å²) in [4.78, 5) is 0. The van der Waals surface area contributed by atoms with E-state index in [9.17, 15) is 13.2 Å². The third kappa shape index (κ3) is 5.12. The van der Waals surface area contributed by atoms with Crippen LogP contribution < -0.4 is 10.5 Å². The number of hydrogen-bond acceptors (Lipinski definition) is 2. The van der Waals surface area contributed by atoms with Crippen LogP contribution in [-0.2, 0) is 6.18 Å². The average molecular weight is 296 g/mol. The van der Waals surface area contributed by atoms with Gasteiger partial charge in [-0.15, -0.1) is 19.0 Å². The molecular formula is C13H17ClF3NO. The van der Waals surface area contributed by atoms with Gasteiger partial charge in [-0.2, -0.15) is 13.2 Å². The van der Waals surface area contributed by atoms with E-state index >= 15 is 0 Å². The van der Waals surface area contributed by atoms with E-state index in [1.54, 1.807) is 6.92 Å². The van der Waals surface area contributed by atoms with E-state index < -0.39 is 17.8 Å². The van der Waals surface area contributed by atoms with Crippen LogP contribution in [0.5, 0.6) is 5.75 Å². The van der Waals surface area contributed by atoms with Crippen LogP contribution in [-0.4, -0.2) is 7.11 Å². The molecule has 0 fully saturated rings. The van der Waals surface area contributed by atoms with Crippen molar-refractivity contribution >= 4 is 12.4 Å². The first-order valence-electron chi connectivity index (χ1n) is 5.40. The van der Waals surface area contributed by atoms with Gasteiger partial charge in [0, 0.05) is 6.04 Å². The van der Waals surface area contributed by atoms with Gasteiger partial charge < -0.3 is 10.5 Å². The maximum Gasteiger partial charge on any atom is 0.416 e. The normalized spacial score (nSPS) is 12.5. The highest BCUT2D eigenvalue weighted by molar-refractivity contribution is 5.85. The topological polar surface area (TPSA) is 35.2 Å². The van der Waals surface area contributed by atoms with Crippen molar-refractivity contribution in [2.24, 2.45) is 5.73 Å². The van der Waals surface area contributed by atoms with E-state index in [-0.39, 0.29) is 18.2 Å². The molecule has 19 heavy (non-hydrogen) atoms. The van der Waals surface area contributed by atoms with Crippen molar-refractivity contribution in [2.45, 2.75) is 25.6 Å². The molecule has 1 aromatic rings. The van der Waals surface area contributed by atoms with Gasteiger partial charge in [-0.05, 0) is 37.1 Å². The zero-order valence-electron chi connectivity index (χ0n) is 10.8. The number of hydrogen-bond donors (Lipinski definition) is 1. The molecule has 0 heterocycles. The van der Waals surface area contributed by atoms with E-state index in [1.807, 2.05) is 0 Å². The smallest absolute Gasteiger partial charge is 0.416 e. The lowest BCUT2D eigenvalue weighted by Gasteiger charge is -2.16. The van der Waals surface area contributed by atoms with E-state index in [1.165, 1.54) is 13.2 Å². The zero-order chi connectivity index (χ0) is 13.9. The van der Waals surface area contributed by atoms with Crippen molar-refractivity contribution in [1.29, 1.82) is 0 Å². The standard InChI is InChI=1S/C13H16F3NO.ClH/c1-8(2)4-12(17)9-5-10(13(14,15)16)7-11(6-9)18-3;/h5-7,12H,1,4,17H2,2-3H3;1H/t12-;/m0./s1. The Balaban J connectivity index is 0.00000324. The monoisotopic (exact) mass is 295 g/mol. The maximum absolute atomic E-state index is 12.7. The Hall–Kier alpha value is -1.20. The number of nitrogens with two attached hydrogens (primary N) is 1. The Labute approximate surface area is 116 Å². The van der Waals surface area contributed by atoms with Gasteiger partial charge in [0.1, 0.15) is 5.75 Å². The molecule has 0 bridgehead atoms. The summed E-state index contributed by atoms with van der Waals surface area (Å²) in [5.41, 5.74) is 6.30. The van der Waals surface area contributed by atoms with Gasteiger partial charge in [0.25, 0.3) is 0 Å². The first-order valence-corrected chi connectivity index (χ1v) is 5.40. The summed E-state index contributed by atoms with van der Waals surface area (Å²) in [6.45, 7) is 5.48. The summed E-state index contributed by atoms with van der Waals surface area (Å²) in [7, 11) is 1.32. The molecule has 0 saturated carbocycles. The van der Waals surface area contributed by atoms with E-state index in [4.69, 9.17) is 10.5 Å². The van der Waals surface area contributed by atoms with E-state index in [2.05, 4.69) is 6.58 Å². The Bertz CT molecular complexity index is 446. The second kappa shape index (κ2) is 6.82. The third-order valence-electron chi connectivity index (χ3n) is 2.49. The van der Waals surface area contributed by atoms with Crippen molar-refractivity contribution in [3.8, 4) is 5.75 Å². The molecule has 0 aliphatic carbocycles. The van der Waals surface area contributed by atoms with Crippen molar-refractivity contribution in [2.75, 3.05) is 7.11 Å². The van der Waals surface area contributed by atoms with Crippen LogP contribution in [0.2, 0.25) is 0 Å². The van der Waals surface area contributed by atoms with Crippen LogP contribution in [0.3, 0.4) is 0 Å². The number of rotatable bonds is 4. The molecule has 1 atom stereocenters. The first-order chi connectivity index (χ1) is 8.24. The molecule has 2 nitrogen and oxygen atoms in total. The molecule has 1 aromatic carbocycles. The van der Waals surface area contributed by atoms with Crippen LogP contribution >= 0.6 is 12.4 Å². The lowest BCUT2D eigenvalue weighted by molar-refractivity contribution is -0.137. The summed E-state index contributed by atoms with van der Waals surface area (Å²) in [5, 5.41) is 0. The van der Waals surface area contributed by atoms with Crippen molar-refractivity contribution < 1.29 is 17.9 Å².